The van der Waals surface area contributed by atoms with Gasteiger partial charge >= 0.3 is 17.9 Å². The topological polar surface area (TPSA) is 123 Å². The molecule has 1 atom stereocenters. The maximum atomic E-state index is 12.3. The van der Waals surface area contributed by atoms with Crippen LogP contribution in [0.5, 0.6) is 11.5 Å². The molecule has 0 radical (unpaired) electrons. The Balaban J connectivity index is 1.91. The minimum absolute atomic E-state index is 0.0126. The SMILES string of the molecule is COc1cc(CNC(=S)NCC(COC(=O)C(C)(C)C)Cc2ccccc2)ccc1OC(=O)CCC(=O)O. The molecule has 3 N–H and O–H groups in total. The van der Waals surface area contributed by atoms with Crippen molar-refractivity contribution in [2.75, 3.05) is 20.3 Å². The first-order chi connectivity index (χ1) is 18.0. The molecule has 0 fully saturated rings. The molecular weight excluding hydrogens is 508 g/mol. The van der Waals surface area contributed by atoms with E-state index in [4.69, 9.17) is 31.5 Å². The van der Waals surface area contributed by atoms with Crippen LogP contribution in [0.25, 0.3) is 0 Å². The van der Waals surface area contributed by atoms with Gasteiger partial charge in [0.1, 0.15) is 0 Å². The lowest BCUT2D eigenvalue weighted by molar-refractivity contribution is -0.154. The second-order valence-corrected chi connectivity index (χ2v) is 10.2. The Hall–Kier alpha value is -3.66. The van der Waals surface area contributed by atoms with E-state index in [0.29, 0.717) is 24.0 Å². The molecule has 0 aromatic heterocycles. The van der Waals surface area contributed by atoms with Gasteiger partial charge in [-0.15, -0.1) is 0 Å². The fourth-order valence-electron chi connectivity index (χ4n) is 3.32. The lowest BCUT2D eigenvalue weighted by Gasteiger charge is -2.22. The number of rotatable bonds is 13. The van der Waals surface area contributed by atoms with Crippen molar-refractivity contribution in [3.63, 3.8) is 0 Å². The molecule has 0 bridgehead atoms. The number of carbonyl (C=O) groups is 3. The molecule has 9 nitrogen and oxygen atoms in total. The summed E-state index contributed by atoms with van der Waals surface area (Å²) in [6, 6.07) is 15.0. The number of benzene rings is 2. The predicted octanol–water partition coefficient (Wildman–Crippen LogP) is 3.88. The van der Waals surface area contributed by atoms with E-state index >= 15 is 0 Å². The van der Waals surface area contributed by atoms with Gasteiger partial charge in [0.25, 0.3) is 0 Å². The molecule has 1 unspecified atom stereocenters. The van der Waals surface area contributed by atoms with Gasteiger partial charge in [-0.05, 0) is 62.7 Å². The highest BCUT2D eigenvalue weighted by Gasteiger charge is 2.24. The molecule has 2 aromatic rings. The van der Waals surface area contributed by atoms with Gasteiger partial charge in [-0.1, -0.05) is 36.4 Å². The highest BCUT2D eigenvalue weighted by molar-refractivity contribution is 7.80. The van der Waals surface area contributed by atoms with Crippen molar-refractivity contribution >= 4 is 35.2 Å². The number of thiocarbonyl (C=S) groups is 1. The summed E-state index contributed by atoms with van der Waals surface area (Å²) >= 11 is 5.45. The number of carboxylic acids is 1. The van der Waals surface area contributed by atoms with E-state index in [1.54, 1.807) is 18.2 Å². The van der Waals surface area contributed by atoms with E-state index in [2.05, 4.69) is 10.6 Å². The van der Waals surface area contributed by atoms with E-state index in [9.17, 15) is 14.4 Å². The molecule has 0 aliphatic heterocycles. The number of esters is 2. The third-order valence-corrected chi connectivity index (χ3v) is 5.72. The number of nitrogens with one attached hydrogen (secondary N) is 2. The number of hydrogen-bond donors (Lipinski definition) is 3. The van der Waals surface area contributed by atoms with Crippen molar-refractivity contribution in [3.05, 3.63) is 59.7 Å². The summed E-state index contributed by atoms with van der Waals surface area (Å²) in [6.45, 7) is 6.63. The van der Waals surface area contributed by atoms with Gasteiger partial charge in [0.2, 0.25) is 0 Å². The van der Waals surface area contributed by atoms with Crippen LogP contribution in [0, 0.1) is 11.3 Å². The van der Waals surface area contributed by atoms with Crippen molar-refractivity contribution in [1.29, 1.82) is 0 Å². The fraction of sp³-hybridized carbons (Fsp3) is 0.429. The first-order valence-electron chi connectivity index (χ1n) is 12.3. The van der Waals surface area contributed by atoms with E-state index in [1.807, 2.05) is 51.1 Å². The summed E-state index contributed by atoms with van der Waals surface area (Å²) in [5.41, 5.74) is 1.40. The van der Waals surface area contributed by atoms with E-state index in [1.165, 1.54) is 7.11 Å². The molecule has 0 amide bonds. The summed E-state index contributed by atoms with van der Waals surface area (Å²) in [5.74, 6) is -1.41. The minimum atomic E-state index is -1.07. The maximum Gasteiger partial charge on any atom is 0.311 e. The number of ether oxygens (including phenoxy) is 3. The second-order valence-electron chi connectivity index (χ2n) is 9.82. The zero-order valence-electron chi connectivity index (χ0n) is 22.2. The standard InChI is InChI=1S/C28H36N2O7S/c1-28(2,3)26(34)36-18-21(14-19-8-6-5-7-9-19)17-30-27(38)29-16-20-10-11-22(23(15-20)35-4)37-25(33)13-12-24(31)32/h5-11,15,21H,12-14,16-18H2,1-4H3,(H,31,32)(H2,29,30,38). The van der Waals surface area contributed by atoms with Gasteiger partial charge in [0.05, 0.1) is 32.0 Å². The fourth-order valence-corrected chi connectivity index (χ4v) is 3.47. The summed E-state index contributed by atoms with van der Waals surface area (Å²) in [7, 11) is 1.45. The van der Waals surface area contributed by atoms with Crippen molar-refractivity contribution in [1.82, 2.24) is 10.6 Å². The molecular formula is C28H36N2O7S. The minimum Gasteiger partial charge on any atom is -0.493 e. The molecule has 2 aromatic carbocycles. The van der Waals surface area contributed by atoms with Crippen LogP contribution >= 0.6 is 12.2 Å². The number of carboxylic acid groups (broad SMARTS) is 1. The molecule has 0 aliphatic carbocycles. The Kier molecular flexibility index (Phi) is 12.0. The van der Waals surface area contributed by atoms with Crippen LogP contribution in [0.3, 0.4) is 0 Å². The Bertz CT molecular complexity index is 1100. The molecule has 38 heavy (non-hydrogen) atoms. The zero-order valence-corrected chi connectivity index (χ0v) is 23.1. The van der Waals surface area contributed by atoms with E-state index in [-0.39, 0.29) is 37.1 Å². The Morgan fingerprint density at radius 2 is 1.68 bits per heavy atom. The van der Waals surface area contributed by atoms with Crippen LogP contribution < -0.4 is 20.1 Å². The molecule has 0 saturated carbocycles. The van der Waals surface area contributed by atoms with Crippen LogP contribution in [0.15, 0.2) is 48.5 Å². The summed E-state index contributed by atoms with van der Waals surface area (Å²) in [5, 5.41) is 15.5. The van der Waals surface area contributed by atoms with Crippen LogP contribution in [0.1, 0.15) is 44.7 Å². The normalized spacial score (nSPS) is 11.7. The first kappa shape index (κ1) is 30.6. The maximum absolute atomic E-state index is 12.3. The molecule has 2 rings (SSSR count). The third kappa shape index (κ3) is 11.2. The molecule has 10 heteroatoms. The molecule has 0 spiro atoms. The van der Waals surface area contributed by atoms with Gasteiger partial charge in [-0.2, -0.15) is 0 Å². The van der Waals surface area contributed by atoms with Crippen LogP contribution in [-0.2, 0) is 32.1 Å². The molecule has 0 saturated heterocycles. The third-order valence-electron chi connectivity index (χ3n) is 5.43. The predicted molar refractivity (Wildman–Crippen MR) is 147 cm³/mol. The molecule has 0 heterocycles. The van der Waals surface area contributed by atoms with Crippen molar-refractivity contribution in [2.24, 2.45) is 11.3 Å². The Morgan fingerprint density at radius 1 is 0.974 bits per heavy atom. The number of carbonyl (C=O) groups excluding carboxylic acids is 2. The number of methoxy groups -OCH3 is 1. The highest BCUT2D eigenvalue weighted by Crippen LogP contribution is 2.28. The van der Waals surface area contributed by atoms with Crippen molar-refractivity contribution < 1.29 is 33.7 Å². The highest BCUT2D eigenvalue weighted by atomic mass is 32.1. The molecule has 0 aliphatic rings. The van der Waals surface area contributed by atoms with Crippen LogP contribution in [0.4, 0.5) is 0 Å². The first-order valence-corrected chi connectivity index (χ1v) is 12.7. The Morgan fingerprint density at radius 3 is 2.32 bits per heavy atom. The lowest BCUT2D eigenvalue weighted by atomic mass is 9.97. The lowest BCUT2D eigenvalue weighted by Crippen LogP contribution is -2.39. The average molecular weight is 545 g/mol. The summed E-state index contributed by atoms with van der Waals surface area (Å²) in [4.78, 5) is 34.8. The average Bonchev–Trinajstić information content (AvgIpc) is 2.88. The van der Waals surface area contributed by atoms with E-state index < -0.39 is 17.4 Å². The largest absolute Gasteiger partial charge is 0.493 e. The number of hydrogen-bond acceptors (Lipinski definition) is 7. The van der Waals surface area contributed by atoms with Crippen molar-refractivity contribution in [2.45, 2.75) is 46.6 Å². The summed E-state index contributed by atoms with van der Waals surface area (Å²) in [6.07, 6.45) is 0.180. The van der Waals surface area contributed by atoms with Gasteiger partial charge in [-0.3, -0.25) is 14.4 Å². The molecule has 206 valence electrons. The quantitative estimate of drug-likeness (QED) is 0.194. The van der Waals surface area contributed by atoms with Crippen LogP contribution in [0.2, 0.25) is 0 Å². The van der Waals surface area contributed by atoms with Gasteiger partial charge in [0, 0.05) is 19.0 Å². The van der Waals surface area contributed by atoms with Crippen LogP contribution in [-0.4, -0.2) is 48.4 Å². The number of aliphatic carboxylic acids is 1. The monoisotopic (exact) mass is 544 g/mol. The van der Waals surface area contributed by atoms with E-state index in [0.717, 1.165) is 17.5 Å². The second kappa shape index (κ2) is 14.9. The van der Waals surface area contributed by atoms with Gasteiger partial charge < -0.3 is 30.0 Å². The van der Waals surface area contributed by atoms with Gasteiger partial charge in [-0.25, -0.2) is 0 Å². The smallest absolute Gasteiger partial charge is 0.311 e. The van der Waals surface area contributed by atoms with Crippen molar-refractivity contribution in [3.8, 4) is 11.5 Å². The zero-order chi connectivity index (χ0) is 28.1. The van der Waals surface area contributed by atoms with Gasteiger partial charge in [0.15, 0.2) is 16.6 Å². The summed E-state index contributed by atoms with van der Waals surface area (Å²) < 4.78 is 16.1. The Labute approximate surface area is 228 Å².